The van der Waals surface area contributed by atoms with Crippen LogP contribution in [-0.2, 0) is 26.1 Å². The second-order valence-electron chi connectivity index (χ2n) is 7.27. The molecule has 0 aliphatic heterocycles. The van der Waals surface area contributed by atoms with Crippen LogP contribution < -0.4 is 5.32 Å². The third-order valence-electron chi connectivity index (χ3n) is 4.97. The second-order valence-corrected chi connectivity index (χ2v) is 9.64. The predicted molar refractivity (Wildman–Crippen MR) is 127 cm³/mol. The van der Waals surface area contributed by atoms with Crippen LogP contribution in [0.15, 0.2) is 77.7 Å². The highest BCUT2D eigenvalue weighted by Gasteiger charge is 2.27. The minimum absolute atomic E-state index is 0.0202. The molecule has 3 aromatic carbocycles. The predicted octanol–water partition coefficient (Wildman–Crippen LogP) is 4.26. The molecule has 0 spiro atoms. The smallest absolute Gasteiger partial charge is 0.337 e. The number of esters is 1. The van der Waals surface area contributed by atoms with Crippen LogP contribution in [0, 0.1) is 6.92 Å². The fourth-order valence-corrected chi connectivity index (χ4v) is 4.63. The summed E-state index contributed by atoms with van der Waals surface area (Å²) in [4.78, 5) is 24.4. The Morgan fingerprint density at radius 2 is 1.61 bits per heavy atom. The van der Waals surface area contributed by atoms with E-state index in [4.69, 9.17) is 11.6 Å². The molecule has 172 valence electrons. The van der Waals surface area contributed by atoms with E-state index < -0.39 is 28.4 Å². The number of carbonyl (C=O) groups is 2. The van der Waals surface area contributed by atoms with Crippen LogP contribution in [0.1, 0.15) is 21.5 Å². The molecule has 0 atom stereocenters. The monoisotopic (exact) mass is 486 g/mol. The number of halogens is 1. The molecule has 0 saturated carbocycles. The first-order valence-corrected chi connectivity index (χ1v) is 11.8. The van der Waals surface area contributed by atoms with Crippen molar-refractivity contribution in [1.29, 1.82) is 0 Å². The number of hydrogen-bond donors (Lipinski definition) is 1. The van der Waals surface area contributed by atoms with Gasteiger partial charge in [0.05, 0.1) is 24.1 Å². The third-order valence-corrected chi connectivity index (χ3v) is 7.03. The molecule has 0 heterocycles. The molecule has 3 aromatic rings. The van der Waals surface area contributed by atoms with Crippen molar-refractivity contribution in [2.24, 2.45) is 0 Å². The molecule has 1 N–H and O–H groups in total. The maximum absolute atomic E-state index is 13.4. The number of aryl methyl sites for hydroxylation is 1. The van der Waals surface area contributed by atoms with E-state index in [2.05, 4.69) is 10.1 Å². The van der Waals surface area contributed by atoms with Gasteiger partial charge in [0.1, 0.15) is 0 Å². The molecule has 0 saturated heterocycles. The average Bonchev–Trinajstić information content (AvgIpc) is 2.80. The molecule has 0 aromatic heterocycles. The molecule has 3 rings (SSSR count). The third kappa shape index (κ3) is 6.19. The highest BCUT2D eigenvalue weighted by atomic mass is 35.5. The highest BCUT2D eigenvalue weighted by molar-refractivity contribution is 7.89. The topological polar surface area (TPSA) is 92.8 Å². The summed E-state index contributed by atoms with van der Waals surface area (Å²) in [6.07, 6.45) is 0. The summed E-state index contributed by atoms with van der Waals surface area (Å²) in [6.45, 7) is 1.50. The number of ether oxygens (including phenoxy) is 1. The molecule has 0 fully saturated rings. The number of amides is 1. The Bertz CT molecular complexity index is 1240. The highest BCUT2D eigenvalue weighted by Crippen LogP contribution is 2.22. The van der Waals surface area contributed by atoms with Crippen molar-refractivity contribution in [2.75, 3.05) is 19.0 Å². The van der Waals surface area contributed by atoms with Gasteiger partial charge in [0.2, 0.25) is 15.9 Å². The number of methoxy groups -OCH3 is 1. The normalized spacial score (nSPS) is 11.3. The summed E-state index contributed by atoms with van der Waals surface area (Å²) in [7, 11) is -2.71. The van der Waals surface area contributed by atoms with E-state index in [0.717, 1.165) is 15.4 Å². The van der Waals surface area contributed by atoms with Crippen molar-refractivity contribution in [3.63, 3.8) is 0 Å². The Morgan fingerprint density at radius 3 is 2.21 bits per heavy atom. The van der Waals surface area contributed by atoms with Crippen LogP contribution in [0.3, 0.4) is 0 Å². The van der Waals surface area contributed by atoms with E-state index in [1.165, 1.54) is 43.5 Å². The Labute approximate surface area is 198 Å². The summed E-state index contributed by atoms with van der Waals surface area (Å²) < 4.78 is 32.5. The lowest BCUT2D eigenvalue weighted by Gasteiger charge is -2.23. The number of nitrogens with zero attached hydrogens (tertiary/aromatic N) is 1. The van der Waals surface area contributed by atoms with Gasteiger partial charge in [-0.15, -0.1) is 0 Å². The summed E-state index contributed by atoms with van der Waals surface area (Å²) in [5, 5.41) is 3.08. The van der Waals surface area contributed by atoms with Crippen molar-refractivity contribution in [3.8, 4) is 0 Å². The number of hydrogen-bond acceptors (Lipinski definition) is 5. The quantitative estimate of drug-likeness (QED) is 0.480. The number of nitrogens with one attached hydrogen (secondary N) is 1. The van der Waals surface area contributed by atoms with Crippen molar-refractivity contribution in [1.82, 2.24) is 4.31 Å². The van der Waals surface area contributed by atoms with Gasteiger partial charge in [-0.1, -0.05) is 35.9 Å². The Kier molecular flexibility index (Phi) is 7.86. The van der Waals surface area contributed by atoms with Crippen LogP contribution in [0.5, 0.6) is 0 Å². The zero-order chi connectivity index (χ0) is 24.0. The van der Waals surface area contributed by atoms with Gasteiger partial charge in [-0.25, -0.2) is 13.2 Å². The van der Waals surface area contributed by atoms with E-state index >= 15 is 0 Å². The Balaban J connectivity index is 1.84. The van der Waals surface area contributed by atoms with Crippen molar-refractivity contribution < 1.29 is 22.7 Å². The van der Waals surface area contributed by atoms with E-state index in [-0.39, 0.29) is 11.4 Å². The van der Waals surface area contributed by atoms with Crippen molar-refractivity contribution in [2.45, 2.75) is 18.4 Å². The van der Waals surface area contributed by atoms with E-state index in [1.54, 1.807) is 12.1 Å². The maximum atomic E-state index is 13.4. The minimum Gasteiger partial charge on any atom is -0.465 e. The van der Waals surface area contributed by atoms with Gasteiger partial charge in [0.15, 0.2) is 0 Å². The first-order valence-electron chi connectivity index (χ1n) is 9.99. The SMILES string of the molecule is COC(=O)c1ccc(NC(=O)CN(Cc2ccccc2C)S(=O)(=O)c2ccc(Cl)cc2)cc1. The summed E-state index contributed by atoms with van der Waals surface area (Å²) in [5.74, 6) is -1.02. The maximum Gasteiger partial charge on any atom is 0.337 e. The average molecular weight is 487 g/mol. The first kappa shape index (κ1) is 24.4. The van der Waals surface area contributed by atoms with Crippen LogP contribution in [0.2, 0.25) is 5.02 Å². The molecular formula is C24H23ClN2O5S. The number of carbonyl (C=O) groups excluding carboxylic acids is 2. The van der Waals surface area contributed by atoms with Crippen molar-refractivity contribution >= 4 is 39.2 Å². The van der Waals surface area contributed by atoms with Crippen LogP contribution in [-0.4, -0.2) is 38.3 Å². The van der Waals surface area contributed by atoms with Gasteiger partial charge in [0.25, 0.3) is 0 Å². The second kappa shape index (κ2) is 10.6. The summed E-state index contributed by atoms with van der Waals surface area (Å²) in [6, 6.07) is 19.3. The molecule has 7 nitrogen and oxygen atoms in total. The van der Waals surface area contributed by atoms with E-state index in [0.29, 0.717) is 16.3 Å². The minimum atomic E-state index is -3.99. The molecule has 9 heteroatoms. The molecule has 0 bridgehead atoms. The van der Waals surface area contributed by atoms with Gasteiger partial charge < -0.3 is 10.1 Å². The Morgan fingerprint density at radius 1 is 0.970 bits per heavy atom. The van der Waals surface area contributed by atoms with Crippen LogP contribution >= 0.6 is 11.6 Å². The number of rotatable bonds is 8. The van der Waals surface area contributed by atoms with Gasteiger partial charge in [-0.3, -0.25) is 4.79 Å². The number of benzene rings is 3. The zero-order valence-corrected chi connectivity index (χ0v) is 19.7. The van der Waals surface area contributed by atoms with Crippen molar-refractivity contribution in [3.05, 3.63) is 94.5 Å². The molecule has 0 unspecified atom stereocenters. The summed E-state index contributed by atoms with van der Waals surface area (Å²) in [5.41, 5.74) is 2.45. The lowest BCUT2D eigenvalue weighted by Crippen LogP contribution is -2.37. The largest absolute Gasteiger partial charge is 0.465 e. The van der Waals surface area contributed by atoms with Gasteiger partial charge >= 0.3 is 5.97 Å². The van der Waals surface area contributed by atoms with E-state index in [1.807, 2.05) is 31.2 Å². The molecule has 0 aliphatic rings. The molecule has 0 radical (unpaired) electrons. The molecule has 1 amide bonds. The fourth-order valence-electron chi connectivity index (χ4n) is 3.13. The number of sulfonamides is 1. The standard InChI is InChI=1S/C24H23ClN2O5S/c1-17-5-3-4-6-19(17)15-27(33(30,31)22-13-9-20(25)10-14-22)16-23(28)26-21-11-7-18(8-12-21)24(29)32-2/h3-14H,15-16H2,1-2H3,(H,26,28). The van der Waals surface area contributed by atoms with Crippen LogP contribution in [0.25, 0.3) is 0 Å². The number of anilines is 1. The summed E-state index contributed by atoms with van der Waals surface area (Å²) >= 11 is 5.90. The Hall–Kier alpha value is -3.20. The lowest BCUT2D eigenvalue weighted by molar-refractivity contribution is -0.116. The zero-order valence-electron chi connectivity index (χ0n) is 18.1. The van der Waals surface area contributed by atoms with Crippen LogP contribution in [0.4, 0.5) is 5.69 Å². The first-order chi connectivity index (χ1) is 15.7. The molecular weight excluding hydrogens is 464 g/mol. The van der Waals surface area contributed by atoms with Gasteiger partial charge in [-0.05, 0) is 66.6 Å². The van der Waals surface area contributed by atoms with E-state index in [9.17, 15) is 18.0 Å². The molecule has 33 heavy (non-hydrogen) atoms. The lowest BCUT2D eigenvalue weighted by atomic mass is 10.1. The van der Waals surface area contributed by atoms with Gasteiger partial charge in [-0.2, -0.15) is 4.31 Å². The molecule has 0 aliphatic carbocycles. The van der Waals surface area contributed by atoms with Gasteiger partial charge in [0, 0.05) is 17.3 Å². The fraction of sp³-hybridized carbons (Fsp3) is 0.167.